The number of aliphatic hydroxyl groups is 1. The summed E-state index contributed by atoms with van der Waals surface area (Å²) < 4.78 is 5.67. The van der Waals surface area contributed by atoms with Gasteiger partial charge < -0.3 is 20.2 Å². The van der Waals surface area contributed by atoms with Crippen LogP contribution in [0.25, 0.3) is 11.0 Å². The third-order valence-corrected chi connectivity index (χ3v) is 4.67. The third kappa shape index (κ3) is 4.48. The van der Waals surface area contributed by atoms with E-state index >= 15 is 0 Å². The molecule has 2 amide bonds. The van der Waals surface area contributed by atoms with Gasteiger partial charge >= 0.3 is 6.03 Å². The van der Waals surface area contributed by atoms with E-state index in [9.17, 15) is 9.90 Å². The van der Waals surface area contributed by atoms with Crippen LogP contribution in [0.3, 0.4) is 0 Å². The van der Waals surface area contributed by atoms with E-state index in [1.54, 1.807) is 0 Å². The normalized spacial score (nSPS) is 11.6. The van der Waals surface area contributed by atoms with Gasteiger partial charge in [0.15, 0.2) is 0 Å². The number of carbonyl (C=O) groups excluding carboxylic acids is 1. The first-order valence-electron chi connectivity index (χ1n) is 8.22. The molecule has 0 bridgehead atoms. The molecule has 0 spiro atoms. The number of carbonyl (C=O) groups is 1. The number of amides is 2. The fraction of sp³-hybridized carbons (Fsp3) is 0.500. The highest BCUT2D eigenvalue weighted by atomic mass is 16.3. The lowest BCUT2D eigenvalue weighted by atomic mass is 9.79. The number of nitrogens with one attached hydrogen (secondary N) is 2. The zero-order chi connectivity index (χ0) is 16.7. The van der Waals surface area contributed by atoms with Crippen molar-refractivity contribution in [3.63, 3.8) is 0 Å². The SMILES string of the molecule is CCC(CC)(CCO)CNC(=O)NCc1cc2ccccc2o1. The van der Waals surface area contributed by atoms with Crippen molar-refractivity contribution in [1.82, 2.24) is 10.6 Å². The number of aliphatic hydroxyl groups excluding tert-OH is 1. The van der Waals surface area contributed by atoms with E-state index < -0.39 is 0 Å². The van der Waals surface area contributed by atoms with Gasteiger partial charge in [0.05, 0.1) is 6.54 Å². The number of hydrogen-bond acceptors (Lipinski definition) is 3. The Labute approximate surface area is 137 Å². The summed E-state index contributed by atoms with van der Waals surface area (Å²) in [5.41, 5.74) is 0.787. The molecule has 0 aliphatic carbocycles. The third-order valence-electron chi connectivity index (χ3n) is 4.67. The standard InChI is InChI=1S/C18H26N2O3/c1-3-18(4-2,9-10-21)13-20-17(22)19-12-15-11-14-7-5-6-8-16(14)23-15/h5-8,11,21H,3-4,9-10,12-13H2,1-2H3,(H2,19,20,22). The van der Waals surface area contributed by atoms with Crippen LogP contribution in [-0.2, 0) is 6.54 Å². The van der Waals surface area contributed by atoms with Crippen LogP contribution in [0.5, 0.6) is 0 Å². The van der Waals surface area contributed by atoms with Gasteiger partial charge in [-0.05, 0) is 36.8 Å². The van der Waals surface area contributed by atoms with Crippen molar-refractivity contribution in [3.8, 4) is 0 Å². The van der Waals surface area contributed by atoms with Crippen LogP contribution in [0.2, 0.25) is 0 Å². The van der Waals surface area contributed by atoms with Gasteiger partial charge in [0, 0.05) is 18.5 Å². The lowest BCUT2D eigenvalue weighted by Crippen LogP contribution is -2.42. The molecule has 23 heavy (non-hydrogen) atoms. The predicted octanol–water partition coefficient (Wildman–Crippen LogP) is 3.42. The molecular formula is C18H26N2O3. The molecule has 2 rings (SSSR count). The molecule has 0 saturated heterocycles. The van der Waals surface area contributed by atoms with Crippen molar-refractivity contribution in [2.45, 2.75) is 39.7 Å². The number of urea groups is 1. The van der Waals surface area contributed by atoms with Crippen molar-refractivity contribution < 1.29 is 14.3 Å². The van der Waals surface area contributed by atoms with Crippen molar-refractivity contribution in [2.24, 2.45) is 5.41 Å². The molecule has 1 aromatic carbocycles. The van der Waals surface area contributed by atoms with Gasteiger partial charge in [0.2, 0.25) is 0 Å². The molecular weight excluding hydrogens is 292 g/mol. The highest BCUT2D eigenvalue weighted by Crippen LogP contribution is 2.29. The second kappa shape index (κ2) is 8.02. The maximum atomic E-state index is 12.0. The molecule has 0 radical (unpaired) electrons. The second-order valence-electron chi connectivity index (χ2n) is 5.97. The van der Waals surface area contributed by atoms with E-state index in [0.717, 1.165) is 29.6 Å². The smallest absolute Gasteiger partial charge is 0.315 e. The maximum absolute atomic E-state index is 12.0. The summed E-state index contributed by atoms with van der Waals surface area (Å²) in [6.45, 7) is 5.24. The number of furan rings is 1. The van der Waals surface area contributed by atoms with Gasteiger partial charge in [-0.2, -0.15) is 0 Å². The van der Waals surface area contributed by atoms with Gasteiger partial charge in [0.1, 0.15) is 11.3 Å². The summed E-state index contributed by atoms with van der Waals surface area (Å²) in [6.07, 6.45) is 2.55. The molecule has 1 heterocycles. The molecule has 126 valence electrons. The maximum Gasteiger partial charge on any atom is 0.315 e. The number of benzene rings is 1. The molecule has 0 fully saturated rings. The molecule has 5 heteroatoms. The zero-order valence-corrected chi connectivity index (χ0v) is 13.9. The summed E-state index contributed by atoms with van der Waals surface area (Å²) in [6, 6.07) is 9.49. The van der Waals surface area contributed by atoms with Crippen LogP contribution in [0, 0.1) is 5.41 Å². The first-order valence-corrected chi connectivity index (χ1v) is 8.22. The average molecular weight is 318 g/mol. The predicted molar refractivity (Wildman–Crippen MR) is 91.2 cm³/mol. The van der Waals surface area contributed by atoms with E-state index in [1.807, 2.05) is 30.3 Å². The van der Waals surface area contributed by atoms with Crippen LogP contribution in [0.1, 0.15) is 38.9 Å². The van der Waals surface area contributed by atoms with E-state index in [-0.39, 0.29) is 18.1 Å². The monoisotopic (exact) mass is 318 g/mol. The van der Waals surface area contributed by atoms with E-state index in [0.29, 0.717) is 19.5 Å². The minimum absolute atomic E-state index is 0.0363. The first-order chi connectivity index (χ1) is 11.1. The summed E-state index contributed by atoms with van der Waals surface area (Å²) >= 11 is 0. The Morgan fingerprint density at radius 3 is 2.61 bits per heavy atom. The van der Waals surface area contributed by atoms with Gasteiger partial charge in [-0.1, -0.05) is 32.0 Å². The second-order valence-corrected chi connectivity index (χ2v) is 5.97. The Kier molecular flexibility index (Phi) is 6.04. The minimum atomic E-state index is -0.213. The van der Waals surface area contributed by atoms with Crippen LogP contribution in [-0.4, -0.2) is 24.3 Å². The average Bonchev–Trinajstić information content (AvgIpc) is 3.00. The van der Waals surface area contributed by atoms with E-state index in [2.05, 4.69) is 24.5 Å². The van der Waals surface area contributed by atoms with Gasteiger partial charge in [-0.25, -0.2) is 4.79 Å². The highest BCUT2D eigenvalue weighted by molar-refractivity contribution is 5.78. The zero-order valence-electron chi connectivity index (χ0n) is 13.9. The molecule has 2 aromatic rings. The number of fused-ring (bicyclic) bond motifs is 1. The van der Waals surface area contributed by atoms with Crippen molar-refractivity contribution in [1.29, 1.82) is 0 Å². The molecule has 1 aromatic heterocycles. The van der Waals surface area contributed by atoms with Gasteiger partial charge in [-0.15, -0.1) is 0 Å². The lowest BCUT2D eigenvalue weighted by molar-refractivity contribution is 0.163. The van der Waals surface area contributed by atoms with Gasteiger partial charge in [0.25, 0.3) is 0 Å². The van der Waals surface area contributed by atoms with Crippen LogP contribution in [0.4, 0.5) is 4.79 Å². The number of rotatable bonds is 8. The van der Waals surface area contributed by atoms with Crippen molar-refractivity contribution >= 4 is 17.0 Å². The summed E-state index contributed by atoms with van der Waals surface area (Å²) in [5.74, 6) is 0.731. The first kappa shape index (κ1) is 17.3. The van der Waals surface area contributed by atoms with Crippen molar-refractivity contribution in [2.75, 3.05) is 13.2 Å². The van der Waals surface area contributed by atoms with E-state index in [1.165, 1.54) is 0 Å². The fourth-order valence-corrected chi connectivity index (χ4v) is 2.80. The fourth-order valence-electron chi connectivity index (χ4n) is 2.80. The van der Waals surface area contributed by atoms with Gasteiger partial charge in [-0.3, -0.25) is 0 Å². The summed E-state index contributed by atoms with van der Waals surface area (Å²) in [7, 11) is 0. The topological polar surface area (TPSA) is 74.5 Å². The molecule has 0 unspecified atom stereocenters. The van der Waals surface area contributed by atoms with Crippen LogP contribution < -0.4 is 10.6 Å². The van der Waals surface area contributed by atoms with Crippen molar-refractivity contribution in [3.05, 3.63) is 36.1 Å². The lowest BCUT2D eigenvalue weighted by Gasteiger charge is -2.31. The Morgan fingerprint density at radius 2 is 1.96 bits per heavy atom. The number of para-hydroxylation sites is 1. The molecule has 0 aliphatic heterocycles. The van der Waals surface area contributed by atoms with E-state index in [4.69, 9.17) is 4.42 Å². The van der Waals surface area contributed by atoms with Crippen LogP contribution in [0.15, 0.2) is 34.7 Å². The molecule has 5 nitrogen and oxygen atoms in total. The number of hydrogen-bond donors (Lipinski definition) is 3. The summed E-state index contributed by atoms with van der Waals surface area (Å²) in [4.78, 5) is 12.0. The summed E-state index contributed by atoms with van der Waals surface area (Å²) in [5, 5.41) is 16.0. The largest absolute Gasteiger partial charge is 0.459 e. The Bertz CT molecular complexity index is 599. The Balaban J connectivity index is 1.84. The van der Waals surface area contributed by atoms with Crippen LogP contribution >= 0.6 is 0 Å². The quantitative estimate of drug-likeness (QED) is 0.698. The minimum Gasteiger partial charge on any atom is -0.459 e. The molecule has 3 N–H and O–H groups in total. The molecule has 0 saturated carbocycles. The highest BCUT2D eigenvalue weighted by Gasteiger charge is 2.26. The Hall–Kier alpha value is -2.01. The molecule has 0 aliphatic rings. The molecule has 0 atom stereocenters. The Morgan fingerprint density at radius 1 is 1.22 bits per heavy atom.